The standard InChI is InChI=1S/C20H23ClN2O4/c1-12-10-13(2)22-19(25)15(12)11-23-7-6-14-4-5-16(27-9-3-8-24)18(21)17(14)20(23)26/h4-5,10,24H,3,6-9,11H2,1-2H3,(H,22,25). The molecule has 144 valence electrons. The average molecular weight is 391 g/mol. The molecule has 0 bridgehead atoms. The van der Waals surface area contributed by atoms with E-state index in [0.29, 0.717) is 42.9 Å². The average Bonchev–Trinajstić information content (AvgIpc) is 2.61. The number of fused-ring (bicyclic) bond motifs is 1. The molecule has 6 nitrogen and oxygen atoms in total. The van der Waals surface area contributed by atoms with Crippen LogP contribution in [0.3, 0.4) is 0 Å². The second-order valence-corrected chi connectivity index (χ2v) is 7.14. The maximum atomic E-state index is 13.0. The molecular weight excluding hydrogens is 368 g/mol. The number of hydrogen-bond donors (Lipinski definition) is 2. The lowest BCUT2D eigenvalue weighted by molar-refractivity contribution is 0.0725. The number of aryl methyl sites for hydroxylation is 2. The van der Waals surface area contributed by atoms with Crippen LogP contribution < -0.4 is 10.3 Å². The molecule has 2 heterocycles. The number of carbonyl (C=O) groups is 1. The van der Waals surface area contributed by atoms with Gasteiger partial charge in [0, 0.05) is 30.8 Å². The van der Waals surface area contributed by atoms with Crippen LogP contribution in [0.5, 0.6) is 5.75 Å². The summed E-state index contributed by atoms with van der Waals surface area (Å²) in [6.45, 7) is 4.83. The van der Waals surface area contributed by atoms with Crippen molar-refractivity contribution >= 4 is 17.5 Å². The van der Waals surface area contributed by atoms with Crippen molar-refractivity contribution in [1.29, 1.82) is 0 Å². The van der Waals surface area contributed by atoms with E-state index < -0.39 is 0 Å². The molecule has 1 aromatic carbocycles. The van der Waals surface area contributed by atoms with Crippen molar-refractivity contribution in [1.82, 2.24) is 9.88 Å². The summed E-state index contributed by atoms with van der Waals surface area (Å²) in [7, 11) is 0. The van der Waals surface area contributed by atoms with Crippen LogP contribution >= 0.6 is 11.6 Å². The van der Waals surface area contributed by atoms with Crippen LogP contribution in [0.1, 0.15) is 39.2 Å². The summed E-state index contributed by atoms with van der Waals surface area (Å²) < 4.78 is 5.58. The monoisotopic (exact) mass is 390 g/mol. The number of nitrogens with zero attached hydrogens (tertiary/aromatic N) is 1. The number of carbonyl (C=O) groups excluding carboxylic acids is 1. The zero-order valence-electron chi connectivity index (χ0n) is 15.5. The van der Waals surface area contributed by atoms with Crippen LogP contribution in [0.2, 0.25) is 5.02 Å². The SMILES string of the molecule is Cc1cc(C)c(CN2CCc3ccc(OCCCO)c(Cl)c3C2=O)c(=O)[nH]1. The fraction of sp³-hybridized carbons (Fsp3) is 0.400. The summed E-state index contributed by atoms with van der Waals surface area (Å²) in [5.74, 6) is 0.233. The van der Waals surface area contributed by atoms with Gasteiger partial charge < -0.3 is 19.7 Å². The number of amides is 1. The third-order valence-corrected chi connectivity index (χ3v) is 5.12. The number of ether oxygens (including phenoxy) is 1. The first-order valence-electron chi connectivity index (χ1n) is 8.96. The number of aromatic amines is 1. The van der Waals surface area contributed by atoms with Gasteiger partial charge in [0.05, 0.1) is 23.7 Å². The predicted octanol–water partition coefficient (Wildman–Crippen LogP) is 2.60. The van der Waals surface area contributed by atoms with Gasteiger partial charge in [0.1, 0.15) is 5.75 Å². The highest BCUT2D eigenvalue weighted by Crippen LogP contribution is 2.34. The van der Waals surface area contributed by atoms with E-state index in [2.05, 4.69) is 4.98 Å². The second kappa shape index (κ2) is 8.15. The zero-order valence-corrected chi connectivity index (χ0v) is 16.2. The molecule has 1 aromatic heterocycles. The summed E-state index contributed by atoms with van der Waals surface area (Å²) in [6.07, 6.45) is 1.16. The topological polar surface area (TPSA) is 82.6 Å². The molecule has 0 saturated heterocycles. The quantitative estimate of drug-likeness (QED) is 0.743. The van der Waals surface area contributed by atoms with Gasteiger partial charge in [0.2, 0.25) is 0 Å². The van der Waals surface area contributed by atoms with E-state index >= 15 is 0 Å². The minimum absolute atomic E-state index is 0.0275. The molecule has 0 saturated carbocycles. The molecule has 1 aliphatic heterocycles. The second-order valence-electron chi connectivity index (χ2n) is 6.76. The summed E-state index contributed by atoms with van der Waals surface area (Å²) >= 11 is 6.45. The molecule has 2 aromatic rings. The van der Waals surface area contributed by atoms with Crippen LogP contribution in [-0.2, 0) is 13.0 Å². The number of rotatable bonds is 6. The number of aliphatic hydroxyl groups is 1. The summed E-state index contributed by atoms with van der Waals surface area (Å²) in [6, 6.07) is 5.52. The van der Waals surface area contributed by atoms with Crippen molar-refractivity contribution in [2.24, 2.45) is 0 Å². The molecule has 0 radical (unpaired) electrons. The smallest absolute Gasteiger partial charge is 0.256 e. The van der Waals surface area contributed by atoms with Gasteiger partial charge in [-0.15, -0.1) is 0 Å². The van der Waals surface area contributed by atoms with Crippen LogP contribution in [0.4, 0.5) is 0 Å². The zero-order chi connectivity index (χ0) is 19.6. The fourth-order valence-corrected chi connectivity index (χ4v) is 3.65. The van der Waals surface area contributed by atoms with Crippen LogP contribution in [0.15, 0.2) is 23.0 Å². The highest BCUT2D eigenvalue weighted by Gasteiger charge is 2.29. The molecule has 0 fully saturated rings. The van der Waals surface area contributed by atoms with Gasteiger partial charge >= 0.3 is 0 Å². The molecule has 3 rings (SSSR count). The van der Waals surface area contributed by atoms with E-state index in [9.17, 15) is 9.59 Å². The minimum atomic E-state index is -0.201. The van der Waals surface area contributed by atoms with Gasteiger partial charge in [-0.25, -0.2) is 0 Å². The Kier molecular flexibility index (Phi) is 5.87. The number of hydrogen-bond acceptors (Lipinski definition) is 4. The first-order valence-corrected chi connectivity index (χ1v) is 9.34. The van der Waals surface area contributed by atoms with Crippen molar-refractivity contribution in [3.8, 4) is 5.75 Å². The van der Waals surface area contributed by atoms with E-state index in [-0.39, 0.29) is 29.6 Å². The van der Waals surface area contributed by atoms with Crippen LogP contribution in [0, 0.1) is 13.8 Å². The maximum Gasteiger partial charge on any atom is 0.256 e. The van der Waals surface area contributed by atoms with E-state index in [1.807, 2.05) is 26.0 Å². The Morgan fingerprint density at radius 3 is 2.78 bits per heavy atom. The Morgan fingerprint density at radius 2 is 2.07 bits per heavy atom. The van der Waals surface area contributed by atoms with E-state index in [1.54, 1.807) is 11.0 Å². The van der Waals surface area contributed by atoms with E-state index in [1.165, 1.54) is 0 Å². The number of H-pyrrole nitrogens is 1. The van der Waals surface area contributed by atoms with Crippen LogP contribution in [-0.4, -0.2) is 40.7 Å². The largest absolute Gasteiger partial charge is 0.492 e. The molecule has 2 N–H and O–H groups in total. The third kappa shape index (κ3) is 4.01. The molecule has 0 unspecified atom stereocenters. The number of aliphatic hydroxyl groups excluding tert-OH is 1. The molecule has 1 aliphatic rings. The molecule has 1 amide bonds. The van der Waals surface area contributed by atoms with Crippen molar-refractivity contribution in [3.05, 3.63) is 61.5 Å². The number of pyridine rings is 1. The minimum Gasteiger partial charge on any atom is -0.492 e. The first-order chi connectivity index (χ1) is 12.9. The lowest BCUT2D eigenvalue weighted by atomic mass is 9.97. The van der Waals surface area contributed by atoms with Crippen LogP contribution in [0.25, 0.3) is 0 Å². The molecule has 7 heteroatoms. The van der Waals surface area contributed by atoms with Gasteiger partial charge in [-0.05, 0) is 43.5 Å². The Hall–Kier alpha value is -2.31. The maximum absolute atomic E-state index is 13.0. The molecule has 0 aliphatic carbocycles. The van der Waals surface area contributed by atoms with Gasteiger partial charge in [0.25, 0.3) is 11.5 Å². The summed E-state index contributed by atoms with van der Waals surface area (Å²) in [4.78, 5) is 29.8. The number of nitrogens with one attached hydrogen (secondary N) is 1. The highest BCUT2D eigenvalue weighted by molar-refractivity contribution is 6.35. The van der Waals surface area contributed by atoms with Gasteiger partial charge in [-0.2, -0.15) is 0 Å². The normalized spacial score (nSPS) is 13.6. The Labute approximate surface area is 162 Å². The number of aromatic nitrogens is 1. The van der Waals surface area contributed by atoms with Crippen molar-refractivity contribution in [2.45, 2.75) is 33.2 Å². The predicted molar refractivity (Wildman–Crippen MR) is 104 cm³/mol. The fourth-order valence-electron chi connectivity index (χ4n) is 3.33. The lowest BCUT2D eigenvalue weighted by Gasteiger charge is -2.30. The number of benzene rings is 1. The molecule has 0 atom stereocenters. The lowest BCUT2D eigenvalue weighted by Crippen LogP contribution is -2.39. The third-order valence-electron chi connectivity index (χ3n) is 4.75. The Bertz CT molecular complexity index is 923. The van der Waals surface area contributed by atoms with Crippen molar-refractivity contribution < 1.29 is 14.6 Å². The molecule has 0 spiro atoms. The van der Waals surface area contributed by atoms with Crippen molar-refractivity contribution in [2.75, 3.05) is 19.8 Å². The molecular formula is C20H23ClN2O4. The number of halogens is 1. The Balaban J connectivity index is 1.87. The van der Waals surface area contributed by atoms with Crippen molar-refractivity contribution in [3.63, 3.8) is 0 Å². The Morgan fingerprint density at radius 1 is 1.30 bits per heavy atom. The van der Waals surface area contributed by atoms with E-state index in [4.69, 9.17) is 21.4 Å². The summed E-state index contributed by atoms with van der Waals surface area (Å²) in [5.41, 5.74) is 3.39. The van der Waals surface area contributed by atoms with E-state index in [0.717, 1.165) is 16.8 Å². The summed E-state index contributed by atoms with van der Waals surface area (Å²) in [5, 5.41) is 9.17. The highest BCUT2D eigenvalue weighted by atomic mass is 35.5. The van der Waals surface area contributed by atoms with Gasteiger partial charge in [-0.3, -0.25) is 9.59 Å². The van der Waals surface area contributed by atoms with Gasteiger partial charge in [0.15, 0.2) is 0 Å². The first kappa shape index (κ1) is 19.5. The van der Waals surface area contributed by atoms with Gasteiger partial charge in [-0.1, -0.05) is 17.7 Å². The molecule has 27 heavy (non-hydrogen) atoms.